The summed E-state index contributed by atoms with van der Waals surface area (Å²) in [6, 6.07) is 6.00. The molecule has 3 rings (SSSR count). The van der Waals surface area contributed by atoms with Crippen molar-refractivity contribution in [2.75, 3.05) is 6.56 Å². The van der Waals surface area contributed by atoms with Crippen LogP contribution in [0, 0.1) is 6.92 Å². The fraction of sp³-hybridized carbons (Fsp3) is 0.389. The lowest BCUT2D eigenvalue weighted by Crippen LogP contribution is -2.30. The van der Waals surface area contributed by atoms with Crippen LogP contribution in [0.5, 0.6) is 0 Å². The summed E-state index contributed by atoms with van der Waals surface area (Å²) in [6.07, 6.45) is 6.10. The molecule has 1 aromatic carbocycles. The lowest BCUT2D eigenvalue weighted by molar-refractivity contribution is 0.246. The molecule has 0 amide bonds. The van der Waals surface area contributed by atoms with Crippen molar-refractivity contribution in [2.24, 2.45) is 4.99 Å². The van der Waals surface area contributed by atoms with Gasteiger partial charge in [0.15, 0.2) is 5.90 Å². The van der Waals surface area contributed by atoms with E-state index in [1.165, 1.54) is 0 Å². The van der Waals surface area contributed by atoms with Crippen molar-refractivity contribution >= 4 is 5.90 Å². The highest BCUT2D eigenvalue weighted by Crippen LogP contribution is 2.31. The highest BCUT2D eigenvalue weighted by atomic mass is 16.5. The van der Waals surface area contributed by atoms with Gasteiger partial charge in [0, 0.05) is 31.3 Å². The first-order valence-electron chi connectivity index (χ1n) is 8.49. The lowest BCUT2D eigenvalue weighted by Gasteiger charge is -2.24. The van der Waals surface area contributed by atoms with Crippen LogP contribution in [0.1, 0.15) is 34.1 Å². The van der Waals surface area contributed by atoms with Crippen LogP contribution in [0.15, 0.2) is 41.8 Å². The van der Waals surface area contributed by atoms with Crippen LogP contribution in [0.25, 0.3) is 11.3 Å². The number of hydrogen-bond acceptors (Lipinski definition) is 4. The van der Waals surface area contributed by atoms with Crippen molar-refractivity contribution in [3.63, 3.8) is 0 Å². The smallest absolute Gasteiger partial charge is 0.180 e. The monoisotopic (exact) mass is 297 g/mol. The number of aromatic nitrogens is 2. The molecule has 0 spiro atoms. The average Bonchev–Trinajstić information content (AvgIpc) is 2.79. The van der Waals surface area contributed by atoms with Crippen LogP contribution in [0.3, 0.4) is 0 Å². The summed E-state index contributed by atoms with van der Waals surface area (Å²) < 4.78 is 21.9. The van der Waals surface area contributed by atoms with Gasteiger partial charge in [-0.3, -0.25) is 9.97 Å². The van der Waals surface area contributed by atoms with Crippen LogP contribution in [0.2, 0.25) is 0 Å². The summed E-state index contributed by atoms with van der Waals surface area (Å²) in [7, 11) is 0. The Morgan fingerprint density at radius 3 is 2.82 bits per heavy atom. The highest BCUT2D eigenvalue weighted by Gasteiger charge is 2.34. The van der Waals surface area contributed by atoms with Crippen molar-refractivity contribution in [1.82, 2.24) is 9.97 Å². The number of aliphatic imine (C=N–C) groups is 1. The molecule has 4 nitrogen and oxygen atoms in total. The molecule has 22 heavy (non-hydrogen) atoms. The minimum Gasteiger partial charge on any atom is -0.479 e. The Balaban J connectivity index is 2.02. The molecule has 0 aliphatic carbocycles. The summed E-state index contributed by atoms with van der Waals surface area (Å²) in [5.41, 5.74) is 3.04. The van der Waals surface area contributed by atoms with E-state index in [0.717, 1.165) is 22.4 Å². The predicted octanol–water partition coefficient (Wildman–Crippen LogP) is 3.59. The summed E-state index contributed by atoms with van der Waals surface area (Å²) >= 11 is 0. The van der Waals surface area contributed by atoms with E-state index in [2.05, 4.69) is 15.0 Å². The quantitative estimate of drug-likeness (QED) is 0.866. The van der Waals surface area contributed by atoms with E-state index in [1.807, 2.05) is 32.0 Å². The molecule has 2 aromatic rings. The molecule has 2 heterocycles. The Morgan fingerprint density at radius 1 is 1.32 bits per heavy atom. The van der Waals surface area contributed by atoms with Gasteiger partial charge in [-0.1, -0.05) is 25.1 Å². The molecule has 0 bridgehead atoms. The largest absolute Gasteiger partial charge is 0.479 e. The zero-order valence-electron chi connectivity index (χ0n) is 15.1. The van der Waals surface area contributed by atoms with E-state index < -0.39 is 12.1 Å². The molecule has 1 aliphatic heterocycles. The van der Waals surface area contributed by atoms with E-state index in [1.54, 1.807) is 25.5 Å². The minimum absolute atomic E-state index is 0.407. The third-order valence-electron chi connectivity index (χ3n) is 4.11. The van der Waals surface area contributed by atoms with Crippen molar-refractivity contribution in [3.8, 4) is 11.3 Å². The second kappa shape index (κ2) is 5.87. The van der Waals surface area contributed by atoms with Gasteiger partial charge in [0.05, 0.1) is 14.6 Å². The van der Waals surface area contributed by atoms with E-state index >= 15 is 0 Å². The van der Waals surface area contributed by atoms with Crippen LogP contribution >= 0.6 is 0 Å². The molecule has 0 saturated carbocycles. The maximum Gasteiger partial charge on any atom is 0.180 e. The standard InChI is InChI=1S/C18H21N3O/c1-4-18(12-22-14(3)21-18)10-15-6-5-7-16(13(15)2)17-11-19-8-9-20-17/h5-9,11H,4,10,12H2,1-3H3/i12D2. The van der Waals surface area contributed by atoms with Gasteiger partial charge < -0.3 is 4.74 Å². The Morgan fingerprint density at radius 2 is 2.18 bits per heavy atom. The first kappa shape index (κ1) is 12.3. The van der Waals surface area contributed by atoms with Crippen molar-refractivity contribution < 1.29 is 7.48 Å². The van der Waals surface area contributed by atoms with E-state index in [-0.39, 0.29) is 0 Å². The molecule has 1 aliphatic rings. The Bertz CT molecular complexity index is 777. The second-order valence-corrected chi connectivity index (χ2v) is 5.58. The predicted molar refractivity (Wildman–Crippen MR) is 88.0 cm³/mol. The van der Waals surface area contributed by atoms with E-state index in [0.29, 0.717) is 18.7 Å². The van der Waals surface area contributed by atoms with Crippen molar-refractivity contribution in [2.45, 2.75) is 39.2 Å². The molecular formula is C18H21N3O. The summed E-state index contributed by atoms with van der Waals surface area (Å²) in [5, 5.41) is 0. The van der Waals surface area contributed by atoms with Gasteiger partial charge in [-0.2, -0.15) is 0 Å². The molecule has 0 N–H and O–H groups in total. The normalized spacial score (nSPS) is 24.2. The van der Waals surface area contributed by atoms with Crippen molar-refractivity contribution in [3.05, 3.63) is 47.9 Å². The molecule has 0 radical (unpaired) electrons. The van der Waals surface area contributed by atoms with Gasteiger partial charge in [-0.05, 0) is 24.5 Å². The van der Waals surface area contributed by atoms with Crippen LogP contribution in [-0.4, -0.2) is 28.0 Å². The summed E-state index contributed by atoms with van der Waals surface area (Å²) in [4.78, 5) is 13.0. The zero-order chi connectivity index (χ0) is 17.4. The zero-order valence-corrected chi connectivity index (χ0v) is 13.1. The second-order valence-electron chi connectivity index (χ2n) is 5.58. The van der Waals surface area contributed by atoms with Gasteiger partial charge in [-0.15, -0.1) is 0 Å². The van der Waals surface area contributed by atoms with Crippen LogP contribution in [0.4, 0.5) is 0 Å². The maximum atomic E-state index is 8.27. The fourth-order valence-electron chi connectivity index (χ4n) is 2.77. The average molecular weight is 297 g/mol. The topological polar surface area (TPSA) is 47.4 Å². The van der Waals surface area contributed by atoms with Gasteiger partial charge in [0.2, 0.25) is 0 Å². The molecule has 1 unspecified atom stereocenters. The van der Waals surface area contributed by atoms with Crippen molar-refractivity contribution in [1.29, 1.82) is 0 Å². The SMILES string of the molecule is [2H]C1([2H])OC(C)=NC1(CC)Cc1cccc(-c2cnccn2)c1C. The molecule has 0 fully saturated rings. The van der Waals surface area contributed by atoms with Gasteiger partial charge >= 0.3 is 0 Å². The molecule has 1 aromatic heterocycles. The molecule has 114 valence electrons. The molecule has 0 saturated heterocycles. The van der Waals surface area contributed by atoms with Gasteiger partial charge in [0.1, 0.15) is 12.1 Å². The minimum atomic E-state index is -1.80. The number of benzene rings is 1. The third-order valence-corrected chi connectivity index (χ3v) is 4.11. The van der Waals surface area contributed by atoms with E-state index in [9.17, 15) is 0 Å². The number of hydrogen-bond donors (Lipinski definition) is 0. The Labute approximate surface area is 134 Å². The maximum absolute atomic E-state index is 8.27. The number of nitrogens with zero attached hydrogens (tertiary/aromatic N) is 3. The summed E-state index contributed by atoms with van der Waals surface area (Å²) in [5.74, 6) is 0.407. The molecule has 4 heteroatoms. The first-order valence-corrected chi connectivity index (χ1v) is 7.49. The Hall–Kier alpha value is -2.23. The van der Waals surface area contributed by atoms with Gasteiger partial charge in [0.25, 0.3) is 0 Å². The van der Waals surface area contributed by atoms with E-state index in [4.69, 9.17) is 7.48 Å². The van der Waals surface area contributed by atoms with Crippen LogP contribution < -0.4 is 0 Å². The van der Waals surface area contributed by atoms with Crippen LogP contribution in [-0.2, 0) is 11.2 Å². The molecule has 1 atom stereocenters. The third kappa shape index (κ3) is 2.73. The first-order chi connectivity index (χ1) is 11.4. The summed E-state index contributed by atoms with van der Waals surface area (Å²) in [6.45, 7) is 3.88. The fourth-order valence-corrected chi connectivity index (χ4v) is 2.77. The lowest BCUT2D eigenvalue weighted by atomic mass is 9.86. The Kier molecular flexibility index (Phi) is 3.29. The number of rotatable bonds is 4. The highest BCUT2D eigenvalue weighted by molar-refractivity contribution is 5.75. The number of ether oxygens (including phenoxy) is 1. The van der Waals surface area contributed by atoms with Gasteiger partial charge in [-0.25, -0.2) is 4.99 Å². The molecular weight excluding hydrogens is 274 g/mol.